The van der Waals surface area contributed by atoms with E-state index in [0.717, 1.165) is 4.80 Å². The van der Waals surface area contributed by atoms with Crippen molar-refractivity contribution >= 4 is 23.4 Å². The van der Waals surface area contributed by atoms with E-state index in [1.165, 1.54) is 0 Å². The maximum absolute atomic E-state index is 12.3. The topological polar surface area (TPSA) is 105 Å². The Morgan fingerprint density at radius 1 is 1.07 bits per heavy atom. The molecule has 10 heteroatoms. The molecule has 1 aliphatic heterocycles. The molecule has 0 saturated carbocycles. The van der Waals surface area contributed by atoms with Crippen LogP contribution in [0.5, 0.6) is 11.5 Å². The second-order valence-electron chi connectivity index (χ2n) is 6.09. The number of fused-ring (bicyclic) bond motifs is 1. The minimum atomic E-state index is -0.657. The van der Waals surface area contributed by atoms with Gasteiger partial charge in [-0.2, -0.15) is 4.80 Å². The normalized spacial score (nSPS) is 12.4. The Morgan fingerprint density at radius 2 is 1.83 bits per heavy atom. The van der Waals surface area contributed by atoms with Crippen molar-refractivity contribution in [1.29, 1.82) is 0 Å². The zero-order chi connectivity index (χ0) is 20.2. The van der Waals surface area contributed by atoms with Crippen molar-refractivity contribution in [1.82, 2.24) is 20.2 Å². The molecule has 29 heavy (non-hydrogen) atoms. The molecule has 0 aliphatic carbocycles. The summed E-state index contributed by atoms with van der Waals surface area (Å²) in [6.07, 6.45) is 0. The van der Waals surface area contributed by atoms with Crippen molar-refractivity contribution < 1.29 is 23.8 Å². The molecular formula is C19H15ClN4O5. The number of carbonyl (C=O) groups excluding carboxylic acids is 2. The first-order valence-corrected chi connectivity index (χ1v) is 9.08. The number of aromatic nitrogens is 4. The number of Topliss-reactive ketones (excluding diaryl/α,β-unsaturated/α-hetero) is 1. The van der Waals surface area contributed by atoms with Gasteiger partial charge in [0.25, 0.3) is 0 Å². The highest BCUT2D eigenvalue weighted by Crippen LogP contribution is 2.30. The zero-order valence-corrected chi connectivity index (χ0v) is 15.8. The zero-order valence-electron chi connectivity index (χ0n) is 15.1. The molecule has 4 rings (SSSR count). The fraction of sp³-hybridized carbons (Fsp3) is 0.211. The summed E-state index contributed by atoms with van der Waals surface area (Å²) >= 11 is 5.85. The number of ether oxygens (including phenoxy) is 3. The molecule has 0 fully saturated rings. The lowest BCUT2D eigenvalue weighted by atomic mass is 10.1. The number of rotatable bonds is 6. The van der Waals surface area contributed by atoms with Gasteiger partial charge in [-0.25, -0.2) is 4.79 Å². The van der Waals surface area contributed by atoms with Crippen molar-refractivity contribution in [3.63, 3.8) is 0 Å². The van der Waals surface area contributed by atoms with E-state index in [1.807, 2.05) is 0 Å². The van der Waals surface area contributed by atoms with Gasteiger partial charge >= 0.3 is 5.97 Å². The molecule has 0 saturated heterocycles. The Bertz CT molecular complexity index is 1050. The molecule has 0 N–H and O–H groups in total. The monoisotopic (exact) mass is 414 g/mol. The number of tetrazole rings is 1. The molecule has 0 atom stereocenters. The van der Waals surface area contributed by atoms with E-state index >= 15 is 0 Å². The van der Waals surface area contributed by atoms with Gasteiger partial charge in [0.15, 0.2) is 30.4 Å². The highest BCUT2D eigenvalue weighted by Gasteiger charge is 2.17. The van der Waals surface area contributed by atoms with Crippen LogP contribution in [0.1, 0.15) is 10.4 Å². The average molecular weight is 415 g/mol. The van der Waals surface area contributed by atoms with Gasteiger partial charge in [-0.15, -0.1) is 10.2 Å². The Labute approximate surface area is 170 Å². The van der Waals surface area contributed by atoms with Crippen LogP contribution in [0.3, 0.4) is 0 Å². The highest BCUT2D eigenvalue weighted by atomic mass is 35.5. The van der Waals surface area contributed by atoms with Gasteiger partial charge in [-0.3, -0.25) is 4.79 Å². The van der Waals surface area contributed by atoms with Crippen molar-refractivity contribution in [2.75, 3.05) is 19.8 Å². The van der Waals surface area contributed by atoms with Crippen LogP contribution in [0.4, 0.5) is 0 Å². The van der Waals surface area contributed by atoms with Crippen LogP contribution in [0.2, 0.25) is 5.02 Å². The summed E-state index contributed by atoms with van der Waals surface area (Å²) in [6, 6.07) is 11.7. The average Bonchev–Trinajstić information content (AvgIpc) is 3.20. The molecule has 2 heterocycles. The van der Waals surface area contributed by atoms with Crippen molar-refractivity contribution in [3.8, 4) is 22.9 Å². The minimum absolute atomic E-state index is 0.269. The number of nitrogens with zero attached hydrogens (tertiary/aromatic N) is 4. The number of carbonyl (C=O) groups is 2. The van der Waals surface area contributed by atoms with Crippen molar-refractivity contribution in [2.24, 2.45) is 0 Å². The number of hydrogen-bond acceptors (Lipinski definition) is 8. The molecule has 1 aromatic heterocycles. The van der Waals surface area contributed by atoms with Gasteiger partial charge in [0, 0.05) is 16.1 Å². The Kier molecular flexibility index (Phi) is 5.39. The molecule has 148 valence electrons. The third kappa shape index (κ3) is 4.52. The third-order valence-electron chi connectivity index (χ3n) is 4.05. The number of ketones is 1. The van der Waals surface area contributed by atoms with Crippen LogP contribution < -0.4 is 9.47 Å². The molecule has 9 nitrogen and oxygen atoms in total. The molecule has 0 amide bonds. The standard InChI is InChI=1S/C19H15ClN4O5/c20-14-4-1-12(2-5-14)19-21-23-24(22-19)10-18(26)29-11-15(25)13-3-6-16-17(9-13)28-8-7-27-16/h1-6,9H,7-8,10-11H2. The lowest BCUT2D eigenvalue weighted by Gasteiger charge is -2.18. The van der Waals surface area contributed by atoms with E-state index < -0.39 is 12.6 Å². The summed E-state index contributed by atoms with van der Waals surface area (Å²) in [5, 5.41) is 12.4. The summed E-state index contributed by atoms with van der Waals surface area (Å²) in [5.41, 5.74) is 1.08. The first-order chi connectivity index (χ1) is 14.1. The van der Waals surface area contributed by atoms with Crippen LogP contribution >= 0.6 is 11.6 Å². The Morgan fingerprint density at radius 3 is 2.62 bits per heavy atom. The molecule has 3 aromatic rings. The summed E-state index contributed by atoms with van der Waals surface area (Å²) < 4.78 is 15.9. The fourth-order valence-corrected chi connectivity index (χ4v) is 2.76. The molecule has 0 spiro atoms. The SMILES string of the molecule is O=C(Cn1nnc(-c2ccc(Cl)cc2)n1)OCC(=O)c1ccc2c(c1)OCCO2. The fourth-order valence-electron chi connectivity index (χ4n) is 2.63. The summed E-state index contributed by atoms with van der Waals surface area (Å²) in [5.74, 6) is 0.412. The van der Waals surface area contributed by atoms with E-state index in [0.29, 0.717) is 46.7 Å². The predicted octanol–water partition coefficient (Wildman–Crippen LogP) is 2.19. The second-order valence-corrected chi connectivity index (χ2v) is 6.53. The largest absolute Gasteiger partial charge is 0.486 e. The van der Waals surface area contributed by atoms with Crippen LogP contribution in [-0.2, 0) is 16.1 Å². The quantitative estimate of drug-likeness (QED) is 0.446. The lowest BCUT2D eigenvalue weighted by molar-refractivity contribution is -0.143. The molecule has 0 unspecified atom stereocenters. The number of hydrogen-bond donors (Lipinski definition) is 0. The highest BCUT2D eigenvalue weighted by molar-refractivity contribution is 6.30. The van der Waals surface area contributed by atoms with Crippen LogP contribution in [0.25, 0.3) is 11.4 Å². The first-order valence-electron chi connectivity index (χ1n) is 8.71. The van der Waals surface area contributed by atoms with Crippen LogP contribution in [0, 0.1) is 0 Å². The number of esters is 1. The van der Waals surface area contributed by atoms with Crippen LogP contribution in [-0.4, -0.2) is 51.8 Å². The smallest absolute Gasteiger partial charge is 0.330 e. The summed E-state index contributed by atoms with van der Waals surface area (Å²) in [7, 11) is 0. The Balaban J connectivity index is 1.32. The van der Waals surface area contributed by atoms with Gasteiger partial charge < -0.3 is 14.2 Å². The molecule has 0 radical (unpaired) electrons. The van der Waals surface area contributed by atoms with Crippen molar-refractivity contribution in [3.05, 3.63) is 53.1 Å². The van der Waals surface area contributed by atoms with Crippen LogP contribution in [0.15, 0.2) is 42.5 Å². The molecular weight excluding hydrogens is 400 g/mol. The van der Waals surface area contributed by atoms with E-state index in [1.54, 1.807) is 42.5 Å². The summed E-state index contributed by atoms with van der Waals surface area (Å²) in [4.78, 5) is 25.4. The van der Waals surface area contributed by atoms with Gasteiger partial charge in [-0.1, -0.05) is 11.6 Å². The number of benzene rings is 2. The second kappa shape index (κ2) is 8.27. The first kappa shape index (κ1) is 18.9. The summed E-state index contributed by atoms with van der Waals surface area (Å²) in [6.45, 7) is 0.211. The van der Waals surface area contributed by atoms with Gasteiger partial charge in [-0.05, 0) is 47.7 Å². The third-order valence-corrected chi connectivity index (χ3v) is 4.31. The minimum Gasteiger partial charge on any atom is -0.486 e. The Hall–Kier alpha value is -3.46. The van der Waals surface area contributed by atoms with E-state index in [9.17, 15) is 9.59 Å². The van der Waals surface area contributed by atoms with E-state index in [4.69, 9.17) is 25.8 Å². The van der Waals surface area contributed by atoms with Gasteiger partial charge in [0.1, 0.15) is 13.2 Å². The molecule has 1 aliphatic rings. The van der Waals surface area contributed by atoms with E-state index in [-0.39, 0.29) is 12.3 Å². The van der Waals surface area contributed by atoms with Gasteiger partial charge in [0.2, 0.25) is 5.82 Å². The predicted molar refractivity (Wildman–Crippen MR) is 101 cm³/mol. The molecule has 0 bridgehead atoms. The lowest BCUT2D eigenvalue weighted by Crippen LogP contribution is -2.20. The molecule has 2 aromatic carbocycles. The van der Waals surface area contributed by atoms with Gasteiger partial charge in [0.05, 0.1) is 0 Å². The maximum Gasteiger partial charge on any atom is 0.330 e. The van der Waals surface area contributed by atoms with Crippen molar-refractivity contribution in [2.45, 2.75) is 6.54 Å². The number of halogens is 1. The maximum atomic E-state index is 12.3. The van der Waals surface area contributed by atoms with E-state index in [2.05, 4.69) is 15.4 Å².